The van der Waals surface area contributed by atoms with Crippen molar-refractivity contribution in [3.8, 4) is 5.75 Å². The van der Waals surface area contributed by atoms with E-state index in [4.69, 9.17) is 9.57 Å². The Morgan fingerprint density at radius 3 is 2.42 bits per heavy atom. The van der Waals surface area contributed by atoms with Crippen molar-refractivity contribution < 1.29 is 14.4 Å². The summed E-state index contributed by atoms with van der Waals surface area (Å²) in [5.41, 5.74) is 7.75. The number of methoxy groups -OCH3 is 1. The molecule has 5 heteroatoms. The summed E-state index contributed by atoms with van der Waals surface area (Å²) in [5, 5.41) is 0. The standard InChI is InChI=1S/C28H34N2O3/c1-6-24(20-10-12-22(13-11-20)27(2,3)4)26(31)30-16-14-28(15-17-30)19-25(29-33-28)21-8-7-9-23(18-21)32-5/h6-13,18-19,29H,14-17H2,1-5H3. The Balaban J connectivity index is 1.44. The number of hydroxylamine groups is 1. The van der Waals surface area contributed by atoms with E-state index in [1.165, 1.54) is 5.56 Å². The largest absolute Gasteiger partial charge is 0.497 e. The molecule has 5 nitrogen and oxygen atoms in total. The number of nitrogens with zero attached hydrogens (tertiary/aromatic N) is 1. The highest BCUT2D eigenvalue weighted by atomic mass is 16.7. The molecule has 0 aromatic heterocycles. The molecule has 33 heavy (non-hydrogen) atoms. The molecular weight excluding hydrogens is 412 g/mol. The molecule has 2 aromatic carbocycles. The predicted molar refractivity (Wildman–Crippen MR) is 133 cm³/mol. The number of hydrogen-bond acceptors (Lipinski definition) is 4. The molecule has 1 amide bonds. The van der Waals surface area contributed by atoms with Crippen LogP contribution in [-0.2, 0) is 15.0 Å². The van der Waals surface area contributed by atoms with Crippen molar-refractivity contribution in [3.63, 3.8) is 0 Å². The van der Waals surface area contributed by atoms with E-state index in [-0.39, 0.29) is 16.9 Å². The van der Waals surface area contributed by atoms with Gasteiger partial charge in [-0.3, -0.25) is 15.1 Å². The Labute approximate surface area is 197 Å². The number of amides is 1. The predicted octanol–water partition coefficient (Wildman–Crippen LogP) is 5.33. The van der Waals surface area contributed by atoms with Crippen LogP contribution in [0.5, 0.6) is 5.75 Å². The molecule has 2 aliphatic heterocycles. The lowest BCUT2D eigenvalue weighted by Gasteiger charge is -2.37. The zero-order chi connectivity index (χ0) is 23.6. The smallest absolute Gasteiger partial charge is 0.254 e. The van der Waals surface area contributed by atoms with Crippen molar-refractivity contribution in [2.45, 2.75) is 51.6 Å². The molecule has 1 saturated heterocycles. The van der Waals surface area contributed by atoms with E-state index >= 15 is 0 Å². The Bertz CT molecular complexity index is 1070. The number of carbonyl (C=O) groups excluding carboxylic acids is 1. The van der Waals surface area contributed by atoms with E-state index in [2.05, 4.69) is 56.6 Å². The maximum atomic E-state index is 13.3. The fourth-order valence-corrected chi connectivity index (χ4v) is 4.48. The molecule has 2 heterocycles. The number of nitrogens with one attached hydrogen (secondary N) is 1. The minimum atomic E-state index is -0.389. The summed E-state index contributed by atoms with van der Waals surface area (Å²) in [4.78, 5) is 21.3. The normalized spacial score (nSPS) is 18.2. The number of hydrogen-bond donors (Lipinski definition) is 1. The lowest BCUT2D eigenvalue weighted by atomic mass is 9.86. The lowest BCUT2D eigenvalue weighted by Crippen LogP contribution is -2.47. The Hall–Kier alpha value is -3.05. The first kappa shape index (κ1) is 23.1. The van der Waals surface area contributed by atoms with Crippen molar-refractivity contribution in [3.05, 3.63) is 77.4 Å². The molecule has 0 radical (unpaired) electrons. The maximum Gasteiger partial charge on any atom is 0.254 e. The van der Waals surface area contributed by atoms with E-state index in [1.807, 2.05) is 42.2 Å². The van der Waals surface area contributed by atoms with Crippen LogP contribution >= 0.6 is 0 Å². The maximum absolute atomic E-state index is 13.3. The van der Waals surface area contributed by atoms with E-state index in [9.17, 15) is 4.79 Å². The van der Waals surface area contributed by atoms with Gasteiger partial charge in [-0.2, -0.15) is 0 Å². The van der Waals surface area contributed by atoms with Crippen LogP contribution in [0.2, 0.25) is 0 Å². The van der Waals surface area contributed by atoms with Gasteiger partial charge in [-0.25, -0.2) is 0 Å². The fraction of sp³-hybridized carbons (Fsp3) is 0.393. The molecule has 174 valence electrons. The molecule has 2 aliphatic rings. The Morgan fingerprint density at radius 2 is 1.82 bits per heavy atom. The highest BCUT2D eigenvalue weighted by Gasteiger charge is 2.40. The van der Waals surface area contributed by atoms with E-state index < -0.39 is 0 Å². The van der Waals surface area contributed by atoms with Gasteiger partial charge in [0.25, 0.3) is 5.91 Å². The molecule has 2 aromatic rings. The van der Waals surface area contributed by atoms with Gasteiger partial charge in [0.1, 0.15) is 11.4 Å². The van der Waals surface area contributed by atoms with Crippen LogP contribution in [0.1, 0.15) is 57.2 Å². The van der Waals surface area contributed by atoms with Gasteiger partial charge in [-0.15, -0.1) is 0 Å². The van der Waals surface area contributed by atoms with Gasteiger partial charge in [0.05, 0.1) is 12.8 Å². The molecule has 0 saturated carbocycles. The van der Waals surface area contributed by atoms with Crippen molar-refractivity contribution in [1.29, 1.82) is 0 Å². The third-order valence-corrected chi connectivity index (χ3v) is 6.63. The van der Waals surface area contributed by atoms with Crippen LogP contribution in [0.15, 0.2) is 60.7 Å². The first-order chi connectivity index (χ1) is 15.7. The van der Waals surface area contributed by atoms with Crippen molar-refractivity contribution in [1.82, 2.24) is 10.4 Å². The zero-order valence-electron chi connectivity index (χ0n) is 20.3. The van der Waals surface area contributed by atoms with Crippen LogP contribution in [-0.4, -0.2) is 36.6 Å². The average molecular weight is 447 g/mol. The number of likely N-dealkylation sites (tertiary alicyclic amines) is 1. The van der Waals surface area contributed by atoms with Gasteiger partial charge in [0, 0.05) is 37.1 Å². The SMILES string of the molecule is CC=C(C(=O)N1CCC2(C=C(c3cccc(OC)c3)NO2)CC1)c1ccc(C(C)(C)C)cc1. The van der Waals surface area contributed by atoms with Crippen molar-refractivity contribution >= 4 is 17.2 Å². The van der Waals surface area contributed by atoms with Crippen LogP contribution in [0.4, 0.5) is 0 Å². The van der Waals surface area contributed by atoms with Gasteiger partial charge >= 0.3 is 0 Å². The van der Waals surface area contributed by atoms with Crippen LogP contribution in [0.25, 0.3) is 11.3 Å². The summed E-state index contributed by atoms with van der Waals surface area (Å²) in [6.45, 7) is 9.83. The molecule has 0 atom stereocenters. The number of rotatable bonds is 4. The monoisotopic (exact) mass is 446 g/mol. The summed E-state index contributed by atoms with van der Waals surface area (Å²) >= 11 is 0. The summed E-state index contributed by atoms with van der Waals surface area (Å²) in [7, 11) is 1.66. The molecule has 4 rings (SSSR count). The second-order valence-corrected chi connectivity index (χ2v) is 9.88. The van der Waals surface area contributed by atoms with Gasteiger partial charge in [-0.05, 0) is 41.7 Å². The lowest BCUT2D eigenvalue weighted by molar-refractivity contribution is -0.130. The summed E-state index contributed by atoms with van der Waals surface area (Å²) in [6.07, 6.45) is 5.58. The Kier molecular flexibility index (Phi) is 6.35. The van der Waals surface area contributed by atoms with E-state index in [0.717, 1.165) is 41.0 Å². The molecule has 0 aliphatic carbocycles. The first-order valence-corrected chi connectivity index (χ1v) is 11.6. The summed E-state index contributed by atoms with van der Waals surface area (Å²) < 4.78 is 5.34. The van der Waals surface area contributed by atoms with Crippen LogP contribution < -0.4 is 10.2 Å². The van der Waals surface area contributed by atoms with Crippen molar-refractivity contribution in [2.24, 2.45) is 0 Å². The topological polar surface area (TPSA) is 50.8 Å². The van der Waals surface area contributed by atoms with E-state index in [0.29, 0.717) is 13.1 Å². The number of piperidine rings is 1. The minimum absolute atomic E-state index is 0.0822. The molecule has 0 bridgehead atoms. The molecule has 1 spiro atoms. The van der Waals surface area contributed by atoms with Gasteiger partial charge < -0.3 is 9.64 Å². The second-order valence-electron chi connectivity index (χ2n) is 9.88. The molecular formula is C28H34N2O3. The first-order valence-electron chi connectivity index (χ1n) is 11.6. The fourth-order valence-electron chi connectivity index (χ4n) is 4.48. The summed E-state index contributed by atoms with van der Waals surface area (Å²) in [6, 6.07) is 16.3. The number of allylic oxidation sites excluding steroid dienone is 1. The number of benzene rings is 2. The molecule has 1 fully saturated rings. The van der Waals surface area contributed by atoms with Gasteiger partial charge in [-0.1, -0.05) is 63.2 Å². The average Bonchev–Trinajstić information content (AvgIpc) is 3.23. The van der Waals surface area contributed by atoms with Crippen LogP contribution in [0.3, 0.4) is 0 Å². The Morgan fingerprint density at radius 1 is 1.12 bits per heavy atom. The second kappa shape index (κ2) is 9.06. The van der Waals surface area contributed by atoms with E-state index in [1.54, 1.807) is 7.11 Å². The zero-order valence-corrected chi connectivity index (χ0v) is 20.3. The third-order valence-electron chi connectivity index (χ3n) is 6.63. The third kappa shape index (κ3) is 4.83. The van der Waals surface area contributed by atoms with Gasteiger partial charge in [0.15, 0.2) is 0 Å². The number of carbonyl (C=O) groups is 1. The van der Waals surface area contributed by atoms with Crippen LogP contribution in [0, 0.1) is 0 Å². The number of ether oxygens (including phenoxy) is 1. The molecule has 1 N–H and O–H groups in total. The van der Waals surface area contributed by atoms with Crippen molar-refractivity contribution in [2.75, 3.05) is 20.2 Å². The quantitative estimate of drug-likeness (QED) is 0.645. The summed E-state index contributed by atoms with van der Waals surface area (Å²) in [5.74, 6) is 0.893. The molecule has 0 unspecified atom stereocenters. The highest BCUT2D eigenvalue weighted by Crippen LogP contribution is 2.36. The highest BCUT2D eigenvalue weighted by molar-refractivity contribution is 6.19. The minimum Gasteiger partial charge on any atom is -0.497 e. The van der Waals surface area contributed by atoms with Gasteiger partial charge in [0.2, 0.25) is 0 Å².